The van der Waals surface area contributed by atoms with Crippen molar-refractivity contribution in [3.8, 4) is 10.4 Å². The van der Waals surface area contributed by atoms with Gasteiger partial charge in [-0.15, -0.1) is 0 Å². The van der Waals surface area contributed by atoms with Crippen LogP contribution in [0.2, 0.25) is 0 Å². The number of urea groups is 1. The van der Waals surface area contributed by atoms with Crippen LogP contribution in [0.3, 0.4) is 0 Å². The standard InChI is InChI=1S/C20H28FN3O5S2/c1-5-28-17(29-6-2)8-7-11-22-19(25)24-20-23-13(3)18(30-20)14-9-10-16(15(21)12-14)31(4,26)27/h9-10,12,17H,5-8,11H2,1-4H3,(H2,22,23,24,25). The minimum atomic E-state index is -3.64. The number of aromatic nitrogens is 1. The quantitative estimate of drug-likeness (QED) is 0.378. The summed E-state index contributed by atoms with van der Waals surface area (Å²) in [6.07, 6.45) is 2.03. The van der Waals surface area contributed by atoms with E-state index in [9.17, 15) is 17.6 Å². The first kappa shape index (κ1) is 25.2. The third-order valence-electron chi connectivity index (χ3n) is 4.22. The highest BCUT2D eigenvalue weighted by atomic mass is 32.2. The van der Waals surface area contributed by atoms with E-state index in [-0.39, 0.29) is 11.2 Å². The molecule has 172 valence electrons. The van der Waals surface area contributed by atoms with Crippen LogP contribution in [-0.2, 0) is 19.3 Å². The van der Waals surface area contributed by atoms with E-state index in [0.29, 0.717) is 53.9 Å². The summed E-state index contributed by atoms with van der Waals surface area (Å²) in [5.41, 5.74) is 1.09. The molecule has 1 aromatic carbocycles. The summed E-state index contributed by atoms with van der Waals surface area (Å²) in [5, 5.41) is 5.78. The lowest BCUT2D eigenvalue weighted by Gasteiger charge is -2.16. The molecule has 2 amide bonds. The number of hydrogen-bond acceptors (Lipinski definition) is 7. The monoisotopic (exact) mass is 473 g/mol. The summed E-state index contributed by atoms with van der Waals surface area (Å²) < 4.78 is 48.3. The SMILES string of the molecule is CCOC(CCCNC(=O)Nc1nc(C)c(-c2ccc(S(C)(=O)=O)c(F)c2)s1)OCC. The molecule has 0 spiro atoms. The molecule has 1 heterocycles. The highest BCUT2D eigenvalue weighted by Crippen LogP contribution is 2.34. The largest absolute Gasteiger partial charge is 0.353 e. The average molecular weight is 474 g/mol. The van der Waals surface area contributed by atoms with Gasteiger partial charge in [0, 0.05) is 32.4 Å². The first-order valence-electron chi connectivity index (χ1n) is 9.91. The molecule has 0 unspecified atom stereocenters. The molecule has 0 aliphatic rings. The van der Waals surface area contributed by atoms with Gasteiger partial charge in [0.2, 0.25) is 0 Å². The molecule has 2 aromatic rings. The van der Waals surface area contributed by atoms with Gasteiger partial charge in [0.05, 0.1) is 10.6 Å². The second-order valence-electron chi connectivity index (χ2n) is 6.71. The Morgan fingerprint density at radius 1 is 1.26 bits per heavy atom. The Hall–Kier alpha value is -2.08. The number of hydrogen-bond donors (Lipinski definition) is 2. The minimum Gasteiger partial charge on any atom is -0.353 e. The van der Waals surface area contributed by atoms with Gasteiger partial charge in [-0.3, -0.25) is 5.32 Å². The Morgan fingerprint density at radius 3 is 2.52 bits per heavy atom. The predicted octanol–water partition coefficient (Wildman–Crippen LogP) is 3.96. The fourth-order valence-corrected chi connectivity index (χ4v) is 4.55. The fourth-order valence-electron chi connectivity index (χ4n) is 2.86. The summed E-state index contributed by atoms with van der Waals surface area (Å²) in [4.78, 5) is 16.7. The van der Waals surface area contributed by atoms with Crippen LogP contribution in [0.4, 0.5) is 14.3 Å². The number of carbonyl (C=O) groups is 1. The number of nitrogens with one attached hydrogen (secondary N) is 2. The van der Waals surface area contributed by atoms with E-state index in [0.717, 1.165) is 12.3 Å². The van der Waals surface area contributed by atoms with Gasteiger partial charge in [0.1, 0.15) is 10.7 Å². The number of ether oxygens (including phenoxy) is 2. The van der Waals surface area contributed by atoms with Crippen molar-refractivity contribution >= 4 is 32.3 Å². The smallest absolute Gasteiger partial charge is 0.321 e. The molecular formula is C20H28FN3O5S2. The number of carbonyl (C=O) groups excluding carboxylic acids is 1. The van der Waals surface area contributed by atoms with Crippen LogP contribution in [0, 0.1) is 12.7 Å². The highest BCUT2D eigenvalue weighted by Gasteiger charge is 2.17. The van der Waals surface area contributed by atoms with Gasteiger partial charge in [0.15, 0.2) is 21.3 Å². The third kappa shape index (κ3) is 7.53. The number of sulfone groups is 1. The predicted molar refractivity (Wildman–Crippen MR) is 119 cm³/mol. The highest BCUT2D eigenvalue weighted by molar-refractivity contribution is 7.90. The molecule has 2 rings (SSSR count). The van der Waals surface area contributed by atoms with E-state index in [1.807, 2.05) is 13.8 Å². The molecule has 8 nitrogen and oxygen atoms in total. The van der Waals surface area contributed by atoms with Crippen LogP contribution in [0.25, 0.3) is 10.4 Å². The molecule has 0 aliphatic carbocycles. The number of thiazole rings is 1. The molecule has 11 heteroatoms. The maximum Gasteiger partial charge on any atom is 0.321 e. The van der Waals surface area contributed by atoms with Crippen LogP contribution in [0.5, 0.6) is 0 Å². The van der Waals surface area contributed by atoms with Gasteiger partial charge in [0.25, 0.3) is 0 Å². The van der Waals surface area contributed by atoms with Gasteiger partial charge in [-0.25, -0.2) is 22.6 Å². The van der Waals surface area contributed by atoms with Gasteiger partial charge in [-0.2, -0.15) is 0 Å². The number of halogens is 1. The second-order valence-corrected chi connectivity index (χ2v) is 9.70. The lowest BCUT2D eigenvalue weighted by molar-refractivity contribution is -0.139. The molecule has 0 radical (unpaired) electrons. The van der Waals surface area contributed by atoms with E-state index in [1.165, 1.54) is 23.5 Å². The number of anilines is 1. The van der Waals surface area contributed by atoms with Crippen molar-refractivity contribution in [3.05, 3.63) is 29.7 Å². The molecular weight excluding hydrogens is 445 g/mol. The van der Waals surface area contributed by atoms with E-state index < -0.39 is 21.7 Å². The second kappa shape index (κ2) is 11.5. The first-order chi connectivity index (χ1) is 14.7. The molecule has 0 saturated heterocycles. The number of rotatable bonds is 11. The summed E-state index contributed by atoms with van der Waals surface area (Å²) in [5.74, 6) is -0.822. The lowest BCUT2D eigenvalue weighted by atomic mass is 10.1. The summed E-state index contributed by atoms with van der Waals surface area (Å²) in [6.45, 7) is 7.10. The molecule has 0 aliphatic heterocycles. The zero-order valence-electron chi connectivity index (χ0n) is 18.0. The summed E-state index contributed by atoms with van der Waals surface area (Å²) >= 11 is 1.18. The zero-order chi connectivity index (χ0) is 23.0. The van der Waals surface area contributed by atoms with Crippen LogP contribution in [-0.4, -0.2) is 51.7 Å². The number of amides is 2. The molecule has 0 fully saturated rings. The molecule has 0 atom stereocenters. The van der Waals surface area contributed by atoms with Crippen molar-refractivity contribution in [1.29, 1.82) is 0 Å². The van der Waals surface area contributed by atoms with Gasteiger partial charge in [-0.05, 0) is 44.9 Å². The van der Waals surface area contributed by atoms with Crippen molar-refractivity contribution in [3.63, 3.8) is 0 Å². The van der Waals surface area contributed by atoms with Crippen LogP contribution in [0.15, 0.2) is 23.1 Å². The lowest BCUT2D eigenvalue weighted by Crippen LogP contribution is -2.30. The topological polar surface area (TPSA) is 107 Å². The molecule has 0 saturated carbocycles. The maximum atomic E-state index is 14.2. The van der Waals surface area contributed by atoms with Crippen LogP contribution in [0.1, 0.15) is 32.4 Å². The van der Waals surface area contributed by atoms with Crippen molar-refractivity contribution < 1.29 is 27.1 Å². The maximum absolute atomic E-state index is 14.2. The Labute approximate surface area is 186 Å². The van der Waals surface area contributed by atoms with Crippen LogP contribution < -0.4 is 10.6 Å². The molecule has 31 heavy (non-hydrogen) atoms. The Morgan fingerprint density at radius 2 is 1.94 bits per heavy atom. The van der Waals surface area contributed by atoms with Crippen molar-refractivity contribution in [1.82, 2.24) is 10.3 Å². The van der Waals surface area contributed by atoms with Crippen molar-refractivity contribution in [2.45, 2.75) is 44.8 Å². The zero-order valence-corrected chi connectivity index (χ0v) is 19.7. The van der Waals surface area contributed by atoms with E-state index >= 15 is 0 Å². The fraction of sp³-hybridized carbons (Fsp3) is 0.500. The molecule has 1 aromatic heterocycles. The number of aryl methyl sites for hydroxylation is 1. The van der Waals surface area contributed by atoms with E-state index in [1.54, 1.807) is 6.92 Å². The first-order valence-corrected chi connectivity index (χ1v) is 12.6. The number of benzene rings is 1. The summed E-state index contributed by atoms with van der Waals surface area (Å²) in [7, 11) is -3.64. The Balaban J connectivity index is 1.94. The van der Waals surface area contributed by atoms with Gasteiger partial charge < -0.3 is 14.8 Å². The van der Waals surface area contributed by atoms with Crippen molar-refractivity contribution in [2.75, 3.05) is 31.3 Å². The van der Waals surface area contributed by atoms with E-state index in [2.05, 4.69) is 15.6 Å². The number of nitrogens with zero attached hydrogens (tertiary/aromatic N) is 1. The normalized spacial score (nSPS) is 11.7. The Bertz CT molecular complexity index is 989. The third-order valence-corrected chi connectivity index (χ3v) is 6.47. The molecule has 0 bridgehead atoms. The van der Waals surface area contributed by atoms with Crippen LogP contribution >= 0.6 is 11.3 Å². The molecule has 2 N–H and O–H groups in total. The van der Waals surface area contributed by atoms with E-state index in [4.69, 9.17) is 9.47 Å². The van der Waals surface area contributed by atoms with Gasteiger partial charge >= 0.3 is 6.03 Å². The Kier molecular flexibility index (Phi) is 9.35. The minimum absolute atomic E-state index is 0.279. The average Bonchev–Trinajstić information content (AvgIpc) is 3.04. The summed E-state index contributed by atoms with van der Waals surface area (Å²) in [6, 6.07) is 3.52. The van der Waals surface area contributed by atoms with Crippen molar-refractivity contribution in [2.24, 2.45) is 0 Å². The van der Waals surface area contributed by atoms with Gasteiger partial charge in [-0.1, -0.05) is 17.4 Å².